The molecule has 8 nitrogen and oxygen atoms in total. The van der Waals surface area contributed by atoms with E-state index in [-0.39, 0.29) is 23.8 Å². The van der Waals surface area contributed by atoms with Crippen LogP contribution in [0, 0.1) is 5.92 Å². The SMILES string of the molecule is CC(C)CCNC(=O)C(=CS(=O)(=O)c1ccccc1)C(=O)N[C@@H](Cc1ccccc1)C(=O)O. The van der Waals surface area contributed by atoms with E-state index in [9.17, 15) is 27.9 Å². The van der Waals surface area contributed by atoms with E-state index >= 15 is 0 Å². The normalized spacial score (nSPS) is 12.8. The Bertz CT molecular complexity index is 1100. The molecule has 0 bridgehead atoms. The molecule has 2 amide bonds. The van der Waals surface area contributed by atoms with Crippen molar-refractivity contribution in [2.45, 2.75) is 37.6 Å². The number of amides is 2. The molecule has 0 aliphatic heterocycles. The highest BCUT2D eigenvalue weighted by atomic mass is 32.2. The van der Waals surface area contributed by atoms with Crippen molar-refractivity contribution in [1.82, 2.24) is 10.6 Å². The number of carbonyl (C=O) groups excluding carboxylic acids is 2. The molecule has 0 saturated carbocycles. The topological polar surface area (TPSA) is 130 Å². The number of nitrogens with one attached hydrogen (secondary N) is 2. The lowest BCUT2D eigenvalue weighted by molar-refractivity contribution is -0.141. The Labute approximate surface area is 193 Å². The summed E-state index contributed by atoms with van der Waals surface area (Å²) in [5, 5.41) is 15.0. The van der Waals surface area contributed by atoms with Gasteiger partial charge in [-0.15, -0.1) is 0 Å². The van der Waals surface area contributed by atoms with E-state index in [0.717, 1.165) is 0 Å². The second kappa shape index (κ2) is 12.0. The molecule has 9 heteroatoms. The van der Waals surface area contributed by atoms with Crippen molar-refractivity contribution < 1.29 is 27.9 Å². The zero-order valence-electron chi connectivity index (χ0n) is 18.5. The first kappa shape index (κ1) is 25.8. The third-order valence-electron chi connectivity index (χ3n) is 4.73. The molecular formula is C24H28N2O6S. The van der Waals surface area contributed by atoms with E-state index < -0.39 is 39.2 Å². The van der Waals surface area contributed by atoms with Gasteiger partial charge in [-0.1, -0.05) is 62.4 Å². The lowest BCUT2D eigenvalue weighted by Gasteiger charge is -2.16. The van der Waals surface area contributed by atoms with Crippen LogP contribution in [0.4, 0.5) is 0 Å². The van der Waals surface area contributed by atoms with Crippen LogP contribution in [0.25, 0.3) is 0 Å². The van der Waals surface area contributed by atoms with Gasteiger partial charge in [-0.3, -0.25) is 9.59 Å². The van der Waals surface area contributed by atoms with Crippen molar-refractivity contribution in [2.75, 3.05) is 6.54 Å². The molecule has 0 aliphatic carbocycles. The van der Waals surface area contributed by atoms with Gasteiger partial charge in [-0.2, -0.15) is 0 Å². The predicted octanol–water partition coefficient (Wildman–Crippen LogP) is 2.32. The van der Waals surface area contributed by atoms with E-state index in [1.54, 1.807) is 36.4 Å². The second-order valence-corrected chi connectivity index (χ2v) is 9.68. The largest absolute Gasteiger partial charge is 0.480 e. The van der Waals surface area contributed by atoms with E-state index in [1.807, 2.05) is 13.8 Å². The number of hydrogen-bond donors (Lipinski definition) is 3. The van der Waals surface area contributed by atoms with Gasteiger partial charge in [0.1, 0.15) is 11.6 Å². The average molecular weight is 473 g/mol. The minimum absolute atomic E-state index is 0.0321. The van der Waals surface area contributed by atoms with Gasteiger partial charge in [0, 0.05) is 13.0 Å². The number of carbonyl (C=O) groups is 3. The van der Waals surface area contributed by atoms with Crippen molar-refractivity contribution in [1.29, 1.82) is 0 Å². The third-order valence-corrected chi connectivity index (χ3v) is 6.20. The molecule has 0 unspecified atom stereocenters. The van der Waals surface area contributed by atoms with Gasteiger partial charge in [0.2, 0.25) is 9.84 Å². The molecule has 0 aliphatic rings. The second-order valence-electron chi connectivity index (χ2n) is 7.88. The molecule has 0 aromatic heterocycles. The van der Waals surface area contributed by atoms with Crippen molar-refractivity contribution in [3.8, 4) is 0 Å². The fourth-order valence-electron chi connectivity index (χ4n) is 2.90. The highest BCUT2D eigenvalue weighted by Crippen LogP contribution is 2.15. The summed E-state index contributed by atoms with van der Waals surface area (Å²) in [6.07, 6.45) is 0.591. The predicted molar refractivity (Wildman–Crippen MR) is 124 cm³/mol. The summed E-state index contributed by atoms with van der Waals surface area (Å²) in [6.45, 7) is 4.14. The molecule has 0 heterocycles. The lowest BCUT2D eigenvalue weighted by atomic mass is 10.1. The number of rotatable bonds is 11. The molecule has 0 radical (unpaired) electrons. The maximum Gasteiger partial charge on any atom is 0.326 e. The van der Waals surface area contributed by atoms with Crippen LogP contribution in [0.15, 0.2) is 76.5 Å². The Hall–Kier alpha value is -3.46. The Kier molecular flexibility index (Phi) is 9.35. The summed E-state index contributed by atoms with van der Waals surface area (Å²) in [5.41, 5.74) is -0.0176. The van der Waals surface area contributed by atoms with Gasteiger partial charge in [0.25, 0.3) is 11.8 Å². The Morgan fingerprint density at radius 3 is 2.06 bits per heavy atom. The van der Waals surface area contributed by atoms with Crippen LogP contribution >= 0.6 is 0 Å². The summed E-state index contributed by atoms with van der Waals surface area (Å²) in [7, 11) is -4.14. The summed E-state index contributed by atoms with van der Waals surface area (Å²) in [4.78, 5) is 37.3. The highest BCUT2D eigenvalue weighted by Gasteiger charge is 2.27. The van der Waals surface area contributed by atoms with Crippen LogP contribution in [0.5, 0.6) is 0 Å². The van der Waals surface area contributed by atoms with Crippen LogP contribution in [0.3, 0.4) is 0 Å². The van der Waals surface area contributed by atoms with E-state index in [1.165, 1.54) is 24.3 Å². The number of carboxylic acids is 1. The Morgan fingerprint density at radius 1 is 0.939 bits per heavy atom. The molecule has 0 fully saturated rings. The van der Waals surface area contributed by atoms with Crippen LogP contribution in [0.1, 0.15) is 25.8 Å². The first-order valence-electron chi connectivity index (χ1n) is 10.5. The maximum atomic E-state index is 12.9. The first-order valence-corrected chi connectivity index (χ1v) is 12.0. The van der Waals surface area contributed by atoms with E-state index in [4.69, 9.17) is 0 Å². The van der Waals surface area contributed by atoms with Crippen LogP contribution < -0.4 is 10.6 Å². The van der Waals surface area contributed by atoms with Crippen molar-refractivity contribution >= 4 is 27.6 Å². The summed E-state index contributed by atoms with van der Waals surface area (Å²) in [6, 6.07) is 14.6. The van der Waals surface area contributed by atoms with E-state index in [2.05, 4.69) is 10.6 Å². The molecule has 33 heavy (non-hydrogen) atoms. The minimum atomic E-state index is -4.14. The molecule has 176 valence electrons. The highest BCUT2D eigenvalue weighted by molar-refractivity contribution is 7.94. The number of sulfone groups is 1. The zero-order chi connectivity index (χ0) is 24.4. The molecule has 2 aromatic rings. The van der Waals surface area contributed by atoms with Crippen molar-refractivity contribution in [3.05, 3.63) is 77.2 Å². The number of aliphatic carboxylic acids is 1. The van der Waals surface area contributed by atoms with Gasteiger partial charge < -0.3 is 15.7 Å². The number of hydrogen-bond acceptors (Lipinski definition) is 5. The average Bonchev–Trinajstić information content (AvgIpc) is 2.78. The van der Waals surface area contributed by atoms with Gasteiger partial charge in [0.15, 0.2) is 0 Å². The summed E-state index contributed by atoms with van der Waals surface area (Å²) < 4.78 is 25.6. The molecular weight excluding hydrogens is 444 g/mol. The smallest absolute Gasteiger partial charge is 0.326 e. The Morgan fingerprint density at radius 2 is 1.52 bits per heavy atom. The van der Waals surface area contributed by atoms with E-state index in [0.29, 0.717) is 17.4 Å². The summed E-state index contributed by atoms with van der Waals surface area (Å²) in [5.74, 6) is -3.00. The third kappa shape index (κ3) is 8.19. The molecule has 2 aromatic carbocycles. The maximum absolute atomic E-state index is 12.9. The monoisotopic (exact) mass is 472 g/mol. The fourth-order valence-corrected chi connectivity index (χ4v) is 4.10. The summed E-state index contributed by atoms with van der Waals surface area (Å²) >= 11 is 0. The van der Waals surface area contributed by atoms with Crippen molar-refractivity contribution in [2.24, 2.45) is 5.92 Å². The van der Waals surface area contributed by atoms with Crippen LogP contribution in [-0.4, -0.2) is 43.9 Å². The fraction of sp³-hybridized carbons (Fsp3) is 0.292. The number of carboxylic acid groups (broad SMARTS) is 1. The zero-order valence-corrected chi connectivity index (χ0v) is 19.3. The van der Waals surface area contributed by atoms with Crippen LogP contribution in [-0.2, 0) is 30.6 Å². The van der Waals surface area contributed by atoms with Gasteiger partial charge in [-0.05, 0) is 30.0 Å². The van der Waals surface area contributed by atoms with Crippen LogP contribution in [0.2, 0.25) is 0 Å². The molecule has 1 atom stereocenters. The quantitative estimate of drug-likeness (QED) is 0.261. The molecule has 0 saturated heterocycles. The standard InChI is InChI=1S/C24H28N2O6S/c1-17(2)13-14-25-22(27)20(16-33(31,32)19-11-7-4-8-12-19)23(28)26-21(24(29)30)15-18-9-5-3-6-10-18/h3-12,16-17,21H,13-15H2,1-2H3,(H,25,27)(H,26,28)(H,29,30)/t21-/m0/s1. The molecule has 2 rings (SSSR count). The molecule has 0 spiro atoms. The van der Waals surface area contributed by atoms with Crippen molar-refractivity contribution in [3.63, 3.8) is 0 Å². The van der Waals surface area contributed by atoms with Gasteiger partial charge in [-0.25, -0.2) is 13.2 Å². The first-order chi connectivity index (χ1) is 15.6. The van der Waals surface area contributed by atoms with Gasteiger partial charge in [0.05, 0.1) is 10.3 Å². The van der Waals surface area contributed by atoms with Gasteiger partial charge >= 0.3 is 5.97 Å². The number of benzene rings is 2. The minimum Gasteiger partial charge on any atom is -0.480 e. The lowest BCUT2D eigenvalue weighted by Crippen LogP contribution is -2.45. The Balaban J connectivity index is 2.33. The molecule has 3 N–H and O–H groups in total.